The fourth-order valence-electron chi connectivity index (χ4n) is 3.71. The molecule has 2 N–H and O–H groups in total. The number of aromatic nitrogens is 2. The molecule has 2 saturated heterocycles. The molecular weight excluding hydrogens is 548 g/mol. The van der Waals surface area contributed by atoms with Gasteiger partial charge in [0.25, 0.3) is 0 Å². The van der Waals surface area contributed by atoms with Crippen LogP contribution in [-0.4, -0.2) is 80.8 Å². The van der Waals surface area contributed by atoms with Crippen LogP contribution < -0.4 is 0 Å². The quantitative estimate of drug-likeness (QED) is 0.510. The van der Waals surface area contributed by atoms with E-state index < -0.39 is 24.3 Å². The molecule has 212 valence electrons. The maximum atomic E-state index is 10.6. The highest BCUT2D eigenvalue weighted by Gasteiger charge is 2.44. The van der Waals surface area contributed by atoms with Gasteiger partial charge in [-0.2, -0.15) is 26.3 Å². The number of thiazole rings is 1. The van der Waals surface area contributed by atoms with Crippen molar-refractivity contribution < 1.29 is 55.6 Å². The maximum absolute atomic E-state index is 10.6. The van der Waals surface area contributed by atoms with E-state index in [9.17, 15) is 26.3 Å². The van der Waals surface area contributed by atoms with E-state index in [1.54, 1.807) is 17.5 Å². The van der Waals surface area contributed by atoms with Gasteiger partial charge in [-0.25, -0.2) is 14.6 Å². The average molecular weight is 574 g/mol. The van der Waals surface area contributed by atoms with Gasteiger partial charge in [0.2, 0.25) is 0 Å². The first-order valence-corrected chi connectivity index (χ1v) is 11.9. The highest BCUT2D eigenvalue weighted by Crippen LogP contribution is 2.32. The monoisotopic (exact) mass is 573 g/mol. The Morgan fingerprint density at radius 3 is 2.32 bits per heavy atom. The molecule has 0 amide bonds. The molecule has 0 radical (unpaired) electrons. The van der Waals surface area contributed by atoms with Crippen molar-refractivity contribution >= 4 is 23.3 Å². The molecule has 2 fully saturated rings. The van der Waals surface area contributed by atoms with Gasteiger partial charge in [0.15, 0.2) is 0 Å². The van der Waals surface area contributed by atoms with Crippen LogP contribution in [0.3, 0.4) is 0 Å². The minimum atomic E-state index is -5.08. The lowest BCUT2D eigenvalue weighted by Gasteiger charge is -2.32. The van der Waals surface area contributed by atoms with Crippen LogP contribution >= 0.6 is 11.3 Å². The topological polar surface area (TPSA) is 122 Å². The van der Waals surface area contributed by atoms with Gasteiger partial charge in [0, 0.05) is 43.5 Å². The summed E-state index contributed by atoms with van der Waals surface area (Å²) in [5.41, 5.74) is 2.27. The second-order valence-electron chi connectivity index (χ2n) is 8.15. The van der Waals surface area contributed by atoms with E-state index in [-0.39, 0.29) is 12.2 Å². The average Bonchev–Trinajstić information content (AvgIpc) is 3.41. The van der Waals surface area contributed by atoms with Crippen LogP contribution in [0.15, 0.2) is 29.9 Å². The van der Waals surface area contributed by atoms with E-state index in [2.05, 4.69) is 33.2 Å². The predicted octanol–water partition coefficient (Wildman–Crippen LogP) is 4.06. The summed E-state index contributed by atoms with van der Waals surface area (Å²) in [7, 11) is 0. The van der Waals surface area contributed by atoms with Gasteiger partial charge >= 0.3 is 24.3 Å². The van der Waals surface area contributed by atoms with Gasteiger partial charge < -0.3 is 19.7 Å². The molecule has 0 aromatic carbocycles. The Hall–Kier alpha value is -2.82. The molecule has 0 spiro atoms. The van der Waals surface area contributed by atoms with E-state index in [1.165, 1.54) is 6.42 Å². The summed E-state index contributed by atoms with van der Waals surface area (Å²) >= 11 is 1.72. The number of likely N-dealkylation sites (tertiary alicyclic amines) is 1. The van der Waals surface area contributed by atoms with E-state index in [0.29, 0.717) is 12.6 Å². The van der Waals surface area contributed by atoms with Crippen LogP contribution in [0.5, 0.6) is 0 Å². The minimum Gasteiger partial charge on any atom is -0.475 e. The number of nitrogens with zero attached hydrogens (tertiary/aromatic N) is 3. The van der Waals surface area contributed by atoms with Crippen molar-refractivity contribution in [2.75, 3.05) is 13.2 Å². The summed E-state index contributed by atoms with van der Waals surface area (Å²) in [5.74, 6) is -5.51. The number of carboxylic acid groups (broad SMARTS) is 2. The SMILES string of the molecule is Cc1nc(CN2C[C@@H](OCc3cccnc3)[C@H]3OCCC[C@H]32)cs1.O=C(O)C(F)(F)F.O=C(O)C(F)(F)F. The third kappa shape index (κ3) is 10.2. The van der Waals surface area contributed by atoms with E-state index in [4.69, 9.17) is 29.3 Å². The van der Waals surface area contributed by atoms with Crippen LogP contribution in [-0.2, 0) is 32.2 Å². The fourth-order valence-corrected chi connectivity index (χ4v) is 4.31. The summed E-state index contributed by atoms with van der Waals surface area (Å²) in [4.78, 5) is 29.1. The van der Waals surface area contributed by atoms with E-state index in [1.807, 2.05) is 12.3 Å². The van der Waals surface area contributed by atoms with Crippen LogP contribution in [0.2, 0.25) is 0 Å². The zero-order valence-electron chi connectivity index (χ0n) is 19.9. The second kappa shape index (κ2) is 13.8. The minimum absolute atomic E-state index is 0.121. The number of pyridine rings is 1. The zero-order chi connectivity index (χ0) is 28.5. The van der Waals surface area contributed by atoms with Gasteiger partial charge in [-0.3, -0.25) is 9.88 Å². The van der Waals surface area contributed by atoms with Crippen molar-refractivity contribution in [1.29, 1.82) is 0 Å². The number of carboxylic acids is 2. The number of hydrogen-bond acceptors (Lipinski definition) is 8. The van der Waals surface area contributed by atoms with Gasteiger partial charge in [-0.1, -0.05) is 6.07 Å². The Morgan fingerprint density at radius 2 is 1.82 bits per heavy atom. The molecule has 16 heteroatoms. The maximum Gasteiger partial charge on any atom is 0.490 e. The molecule has 0 aliphatic carbocycles. The molecule has 38 heavy (non-hydrogen) atoms. The summed E-state index contributed by atoms with van der Waals surface area (Å²) in [6, 6.07) is 4.45. The molecule has 9 nitrogen and oxygen atoms in total. The lowest BCUT2D eigenvalue weighted by molar-refractivity contribution is -0.193. The molecule has 2 aliphatic rings. The first kappa shape index (κ1) is 31.4. The first-order valence-electron chi connectivity index (χ1n) is 11.1. The molecule has 2 aromatic rings. The van der Waals surface area contributed by atoms with Crippen LogP contribution in [0.1, 0.15) is 29.1 Å². The Kier molecular flexibility index (Phi) is 11.4. The first-order chi connectivity index (χ1) is 17.7. The molecule has 0 bridgehead atoms. The van der Waals surface area contributed by atoms with Crippen molar-refractivity contribution in [1.82, 2.24) is 14.9 Å². The van der Waals surface area contributed by atoms with E-state index >= 15 is 0 Å². The van der Waals surface area contributed by atoms with Gasteiger partial charge in [0.05, 0.1) is 23.4 Å². The molecule has 4 rings (SSSR count). The van der Waals surface area contributed by atoms with Crippen molar-refractivity contribution in [3.8, 4) is 0 Å². The van der Waals surface area contributed by atoms with Crippen LogP contribution in [0.4, 0.5) is 26.3 Å². The highest BCUT2D eigenvalue weighted by molar-refractivity contribution is 7.09. The third-order valence-corrected chi connectivity index (χ3v) is 6.11. The molecule has 3 atom stereocenters. The van der Waals surface area contributed by atoms with Crippen molar-refractivity contribution in [2.24, 2.45) is 0 Å². The summed E-state index contributed by atoms with van der Waals surface area (Å²) in [6.45, 7) is 5.30. The molecule has 0 unspecified atom stereocenters. The largest absolute Gasteiger partial charge is 0.490 e. The van der Waals surface area contributed by atoms with Gasteiger partial charge in [-0.15, -0.1) is 11.3 Å². The number of fused-ring (bicyclic) bond motifs is 1. The Bertz CT molecular complexity index is 1010. The Morgan fingerprint density at radius 1 is 1.18 bits per heavy atom. The summed E-state index contributed by atoms with van der Waals surface area (Å²) < 4.78 is 75.8. The number of carbonyl (C=O) groups is 2. The van der Waals surface area contributed by atoms with Gasteiger partial charge in [-0.05, 0) is 31.4 Å². The molecule has 2 aromatic heterocycles. The predicted molar refractivity (Wildman–Crippen MR) is 120 cm³/mol. The molecule has 0 saturated carbocycles. The third-order valence-electron chi connectivity index (χ3n) is 5.29. The van der Waals surface area contributed by atoms with Gasteiger partial charge in [0.1, 0.15) is 6.10 Å². The number of halogens is 6. The normalized spacial score (nSPS) is 21.4. The van der Waals surface area contributed by atoms with Crippen LogP contribution in [0.25, 0.3) is 0 Å². The smallest absolute Gasteiger partial charge is 0.475 e. The lowest BCUT2D eigenvalue weighted by atomic mass is 10.0. The van der Waals surface area contributed by atoms with E-state index in [0.717, 1.165) is 42.4 Å². The van der Waals surface area contributed by atoms with Crippen molar-refractivity contribution in [3.05, 3.63) is 46.2 Å². The number of aryl methyl sites for hydroxylation is 1. The zero-order valence-corrected chi connectivity index (χ0v) is 20.7. The Labute approximate surface area is 217 Å². The Balaban J connectivity index is 0.000000301. The lowest BCUT2D eigenvalue weighted by Crippen LogP contribution is -2.41. The number of alkyl halides is 6. The van der Waals surface area contributed by atoms with Crippen molar-refractivity contribution in [3.63, 3.8) is 0 Å². The number of aliphatic carboxylic acids is 2. The summed E-state index contributed by atoms with van der Waals surface area (Å²) in [6.07, 6.45) is -3.91. The standard InChI is InChI=1S/C18H23N3O2S.2C2HF3O2/c1-13-20-15(12-24-13)9-21-10-17(18-16(21)5-3-7-22-18)23-11-14-4-2-6-19-8-14;2*3-2(4,5)1(6)7/h2,4,6,8,12,16-18H,3,5,7,9-11H2,1H3;2*(H,6,7)/t16-,17-,18+;;/m1../s1. The molecular formula is C22H25F6N3O6S. The highest BCUT2D eigenvalue weighted by atomic mass is 32.1. The second-order valence-corrected chi connectivity index (χ2v) is 9.21. The molecule has 4 heterocycles. The number of rotatable bonds is 5. The summed E-state index contributed by atoms with van der Waals surface area (Å²) in [5, 5.41) is 17.5. The van der Waals surface area contributed by atoms with Crippen LogP contribution in [0, 0.1) is 6.92 Å². The molecule has 2 aliphatic heterocycles. The number of hydrogen-bond donors (Lipinski definition) is 2. The fraction of sp³-hybridized carbons (Fsp3) is 0.545. The number of ether oxygens (including phenoxy) is 2. The van der Waals surface area contributed by atoms with Crippen molar-refractivity contribution in [2.45, 2.75) is 63.5 Å².